The Kier molecular flexibility index (Phi) is 4.22. The molecule has 2 N–H and O–H groups in total. The van der Waals surface area contributed by atoms with Gasteiger partial charge in [0.1, 0.15) is 5.82 Å². The summed E-state index contributed by atoms with van der Waals surface area (Å²) in [6, 6.07) is 9.43. The molecule has 0 spiro atoms. The van der Waals surface area contributed by atoms with Crippen LogP contribution in [0.4, 0.5) is 22.0 Å². The van der Waals surface area contributed by atoms with E-state index in [0.717, 1.165) is 23.5 Å². The van der Waals surface area contributed by atoms with Gasteiger partial charge in [-0.25, -0.2) is 14.8 Å². The number of amides is 2. The van der Waals surface area contributed by atoms with Crippen molar-refractivity contribution in [3.05, 3.63) is 48.9 Å². The van der Waals surface area contributed by atoms with E-state index in [0.29, 0.717) is 24.7 Å². The molecule has 1 saturated heterocycles. The summed E-state index contributed by atoms with van der Waals surface area (Å²) in [6.45, 7) is 4.21. The van der Waals surface area contributed by atoms with Crippen LogP contribution in [0.3, 0.4) is 0 Å². The van der Waals surface area contributed by atoms with Gasteiger partial charge in [-0.3, -0.25) is 9.58 Å². The molecular weight excluding hydrogens is 330 g/mol. The molecule has 1 aliphatic rings. The van der Waals surface area contributed by atoms with Crippen LogP contribution < -0.4 is 15.5 Å². The van der Waals surface area contributed by atoms with Gasteiger partial charge in [0.2, 0.25) is 0 Å². The van der Waals surface area contributed by atoms with E-state index in [9.17, 15) is 4.79 Å². The lowest BCUT2D eigenvalue weighted by Gasteiger charge is -2.14. The number of carbonyl (C=O) groups excluding carboxylic acids is 1. The summed E-state index contributed by atoms with van der Waals surface area (Å²) in [4.78, 5) is 22.4. The number of hydrogen-bond donors (Lipinski definition) is 2. The average Bonchev–Trinajstić information content (AvgIpc) is 3.31. The number of nitrogens with zero attached hydrogens (tertiary/aromatic N) is 5. The molecule has 1 aliphatic heterocycles. The highest BCUT2D eigenvalue weighted by Gasteiger charge is 2.20. The number of hydrogen-bond acceptors (Lipinski definition) is 5. The van der Waals surface area contributed by atoms with Gasteiger partial charge in [-0.2, -0.15) is 5.10 Å². The number of aromatic nitrogens is 4. The van der Waals surface area contributed by atoms with Crippen molar-refractivity contribution in [3.63, 3.8) is 0 Å². The Labute approximate surface area is 150 Å². The number of benzene rings is 1. The maximum absolute atomic E-state index is 11.7. The number of carbonyl (C=O) groups is 1. The molecule has 0 aliphatic carbocycles. The fourth-order valence-electron chi connectivity index (χ4n) is 2.82. The minimum atomic E-state index is -0.0622. The number of aryl methyl sites for hydroxylation is 1. The van der Waals surface area contributed by atoms with Crippen molar-refractivity contribution in [2.45, 2.75) is 13.5 Å². The smallest absolute Gasteiger partial charge is 0.321 e. The number of nitrogens with one attached hydrogen (secondary N) is 2. The molecule has 4 rings (SSSR count). The van der Waals surface area contributed by atoms with Crippen molar-refractivity contribution >= 4 is 23.2 Å². The molecule has 8 nitrogen and oxygen atoms in total. The molecule has 3 aromatic rings. The Bertz CT molecular complexity index is 919. The van der Waals surface area contributed by atoms with E-state index in [1.54, 1.807) is 17.3 Å². The highest BCUT2D eigenvalue weighted by molar-refractivity contribution is 5.94. The minimum Gasteiger partial charge on any atom is -0.338 e. The molecular formula is C18H19N7O. The first kappa shape index (κ1) is 16.1. The van der Waals surface area contributed by atoms with Crippen LogP contribution >= 0.6 is 0 Å². The maximum Gasteiger partial charge on any atom is 0.321 e. The van der Waals surface area contributed by atoms with Gasteiger partial charge in [0, 0.05) is 43.3 Å². The van der Waals surface area contributed by atoms with Crippen LogP contribution in [0.2, 0.25) is 0 Å². The molecule has 3 heterocycles. The second-order valence-electron chi connectivity index (χ2n) is 5.91. The van der Waals surface area contributed by atoms with Crippen LogP contribution in [0.5, 0.6) is 0 Å². The Morgan fingerprint density at radius 3 is 2.77 bits per heavy atom. The summed E-state index contributed by atoms with van der Waals surface area (Å²) in [5.41, 5.74) is 2.64. The molecule has 26 heavy (non-hydrogen) atoms. The van der Waals surface area contributed by atoms with Crippen LogP contribution in [0, 0.1) is 0 Å². The van der Waals surface area contributed by atoms with Gasteiger partial charge in [0.25, 0.3) is 0 Å². The fourth-order valence-corrected chi connectivity index (χ4v) is 2.82. The standard InChI is InChI=1S/C18H19N7O/c1-2-24-12-14(11-21-24)22-16-7-8-19-17(23-16)13-3-5-15(6-4-13)25-10-9-20-18(25)26/h3-8,11-12H,2,9-10H2,1H3,(H,20,26)(H,19,22,23). The summed E-state index contributed by atoms with van der Waals surface area (Å²) in [6.07, 6.45) is 5.41. The largest absolute Gasteiger partial charge is 0.338 e. The average molecular weight is 349 g/mol. The molecule has 1 fully saturated rings. The molecule has 2 aromatic heterocycles. The quantitative estimate of drug-likeness (QED) is 0.739. The van der Waals surface area contributed by atoms with E-state index in [4.69, 9.17) is 0 Å². The van der Waals surface area contributed by atoms with Gasteiger partial charge in [-0.15, -0.1) is 0 Å². The van der Waals surface area contributed by atoms with Crippen molar-refractivity contribution in [3.8, 4) is 11.4 Å². The third kappa shape index (κ3) is 3.21. The fraction of sp³-hybridized carbons (Fsp3) is 0.222. The summed E-state index contributed by atoms with van der Waals surface area (Å²) in [5.74, 6) is 1.32. The second kappa shape index (κ2) is 6.83. The molecule has 1 aromatic carbocycles. The first-order chi connectivity index (χ1) is 12.7. The topological polar surface area (TPSA) is 88.0 Å². The van der Waals surface area contributed by atoms with Crippen LogP contribution in [0.25, 0.3) is 11.4 Å². The Balaban J connectivity index is 1.53. The van der Waals surface area contributed by atoms with Crippen LogP contribution in [0.15, 0.2) is 48.9 Å². The molecule has 0 radical (unpaired) electrons. The molecule has 2 amide bonds. The highest BCUT2D eigenvalue weighted by atomic mass is 16.2. The van der Waals surface area contributed by atoms with E-state index >= 15 is 0 Å². The lowest BCUT2D eigenvalue weighted by Crippen LogP contribution is -2.27. The molecule has 0 atom stereocenters. The predicted octanol–water partition coefficient (Wildman–Crippen LogP) is 2.63. The SMILES string of the molecule is CCn1cc(Nc2ccnc(-c3ccc(N4CCNC4=O)cc3)n2)cn1. The zero-order valence-corrected chi connectivity index (χ0v) is 14.4. The summed E-state index contributed by atoms with van der Waals surface area (Å²) in [5, 5.41) is 10.3. The highest BCUT2D eigenvalue weighted by Crippen LogP contribution is 2.23. The summed E-state index contributed by atoms with van der Waals surface area (Å²) in [7, 11) is 0. The number of urea groups is 1. The molecule has 0 unspecified atom stereocenters. The zero-order valence-electron chi connectivity index (χ0n) is 14.4. The van der Waals surface area contributed by atoms with Crippen molar-refractivity contribution in [1.29, 1.82) is 0 Å². The summed E-state index contributed by atoms with van der Waals surface area (Å²) < 4.78 is 1.84. The van der Waals surface area contributed by atoms with Gasteiger partial charge < -0.3 is 10.6 Å². The molecule has 0 saturated carbocycles. The van der Waals surface area contributed by atoms with E-state index in [1.165, 1.54) is 0 Å². The lowest BCUT2D eigenvalue weighted by molar-refractivity contribution is 0.252. The third-order valence-corrected chi connectivity index (χ3v) is 4.18. The Hall–Kier alpha value is -3.42. The van der Waals surface area contributed by atoms with Gasteiger partial charge in [-0.1, -0.05) is 0 Å². The van der Waals surface area contributed by atoms with Gasteiger partial charge >= 0.3 is 6.03 Å². The lowest BCUT2D eigenvalue weighted by atomic mass is 10.2. The molecule has 132 valence electrons. The maximum atomic E-state index is 11.7. The van der Waals surface area contributed by atoms with Crippen molar-refractivity contribution < 1.29 is 4.79 Å². The van der Waals surface area contributed by atoms with Crippen molar-refractivity contribution in [1.82, 2.24) is 25.1 Å². The van der Waals surface area contributed by atoms with Crippen LogP contribution in [0.1, 0.15) is 6.92 Å². The van der Waals surface area contributed by atoms with Gasteiger partial charge in [0.15, 0.2) is 5.82 Å². The predicted molar refractivity (Wildman–Crippen MR) is 99.4 cm³/mol. The van der Waals surface area contributed by atoms with Crippen LogP contribution in [-0.2, 0) is 6.54 Å². The van der Waals surface area contributed by atoms with E-state index in [-0.39, 0.29) is 6.03 Å². The molecule has 8 heteroatoms. The monoisotopic (exact) mass is 349 g/mol. The van der Waals surface area contributed by atoms with E-state index in [1.807, 2.05) is 48.1 Å². The summed E-state index contributed by atoms with van der Waals surface area (Å²) >= 11 is 0. The van der Waals surface area contributed by atoms with Crippen molar-refractivity contribution in [2.24, 2.45) is 0 Å². The number of anilines is 3. The normalized spacial score (nSPS) is 13.7. The van der Waals surface area contributed by atoms with Crippen LogP contribution in [-0.4, -0.2) is 38.9 Å². The number of rotatable bonds is 5. The molecule has 0 bridgehead atoms. The third-order valence-electron chi connectivity index (χ3n) is 4.18. The Morgan fingerprint density at radius 2 is 2.08 bits per heavy atom. The van der Waals surface area contributed by atoms with Crippen molar-refractivity contribution in [2.75, 3.05) is 23.3 Å². The van der Waals surface area contributed by atoms with Gasteiger partial charge in [0.05, 0.1) is 11.9 Å². The minimum absolute atomic E-state index is 0.0622. The zero-order chi connectivity index (χ0) is 17.9. The van der Waals surface area contributed by atoms with E-state index in [2.05, 4.69) is 25.7 Å². The first-order valence-electron chi connectivity index (χ1n) is 8.51. The first-order valence-corrected chi connectivity index (χ1v) is 8.51. The Morgan fingerprint density at radius 1 is 1.23 bits per heavy atom. The van der Waals surface area contributed by atoms with E-state index < -0.39 is 0 Å². The van der Waals surface area contributed by atoms with Gasteiger partial charge in [-0.05, 0) is 37.3 Å². The second-order valence-corrected chi connectivity index (χ2v) is 5.91.